The molecular weight excluding hydrogens is 439 g/mol. The number of aromatic amines is 1. The third-order valence-electron chi connectivity index (χ3n) is 6.14. The fourth-order valence-electron chi connectivity index (χ4n) is 4.34. The molecule has 2 aromatic rings. The Morgan fingerprint density at radius 3 is 2.52 bits per heavy atom. The van der Waals surface area contributed by atoms with Crippen LogP contribution in [0.1, 0.15) is 36.8 Å². The van der Waals surface area contributed by atoms with Crippen LogP contribution >= 0.6 is 0 Å². The molecule has 0 aromatic carbocycles. The zero-order chi connectivity index (χ0) is 23.6. The number of hydrogen-bond donors (Lipinski definition) is 1. The summed E-state index contributed by atoms with van der Waals surface area (Å²) in [6.45, 7) is 4.89. The molecule has 4 rings (SSSR count). The highest BCUT2D eigenvalue weighted by atomic mass is 19.4. The first kappa shape index (κ1) is 23.0. The van der Waals surface area contributed by atoms with E-state index in [1.807, 2.05) is 21.8 Å². The van der Waals surface area contributed by atoms with Crippen molar-refractivity contribution >= 4 is 17.7 Å². The van der Waals surface area contributed by atoms with Gasteiger partial charge >= 0.3 is 6.18 Å². The van der Waals surface area contributed by atoms with Crippen LogP contribution in [0.25, 0.3) is 0 Å². The van der Waals surface area contributed by atoms with Crippen molar-refractivity contribution in [2.45, 2.75) is 44.8 Å². The van der Waals surface area contributed by atoms with Gasteiger partial charge in [0.2, 0.25) is 11.9 Å². The van der Waals surface area contributed by atoms with Crippen LogP contribution < -0.4 is 15.4 Å². The van der Waals surface area contributed by atoms with Gasteiger partial charge in [-0.25, -0.2) is 15.1 Å². The standard InChI is InChI=1S/C21H26F3N7O2/c1-14-12-25-20(26-13-14)30-9-7-29(8-10-30)18(32)5-4-15-3-2-6-31(15)17-11-16(21(22,23)24)19(33)28-27-17/h11-13,15H,2-10H2,1H3,(H,28,33)/t15-/m0/s1. The minimum atomic E-state index is -4.75. The van der Waals surface area contributed by atoms with Crippen LogP contribution in [0, 0.1) is 6.92 Å². The highest BCUT2D eigenvalue weighted by molar-refractivity contribution is 5.76. The highest BCUT2D eigenvalue weighted by Crippen LogP contribution is 2.31. The van der Waals surface area contributed by atoms with Crippen molar-refractivity contribution < 1.29 is 18.0 Å². The van der Waals surface area contributed by atoms with Gasteiger partial charge in [0.05, 0.1) is 0 Å². The number of aryl methyl sites for hydroxylation is 1. The quantitative estimate of drug-likeness (QED) is 0.721. The Labute approximate surface area is 188 Å². The van der Waals surface area contributed by atoms with Crippen LogP contribution in [0.15, 0.2) is 23.3 Å². The van der Waals surface area contributed by atoms with Gasteiger partial charge in [-0.1, -0.05) is 0 Å². The summed E-state index contributed by atoms with van der Waals surface area (Å²) in [4.78, 5) is 38.5. The van der Waals surface area contributed by atoms with Gasteiger partial charge in [0.1, 0.15) is 11.4 Å². The molecule has 9 nitrogen and oxygen atoms in total. The molecule has 33 heavy (non-hydrogen) atoms. The number of halogens is 3. The maximum Gasteiger partial charge on any atom is 0.421 e. The Balaban J connectivity index is 1.32. The maximum atomic E-state index is 13.1. The zero-order valence-electron chi connectivity index (χ0n) is 18.3. The number of H-pyrrole nitrogens is 1. The van der Waals surface area contributed by atoms with E-state index < -0.39 is 17.3 Å². The monoisotopic (exact) mass is 465 g/mol. The molecule has 4 heterocycles. The first-order valence-corrected chi connectivity index (χ1v) is 11.0. The van der Waals surface area contributed by atoms with Gasteiger partial charge in [0, 0.05) is 63.6 Å². The molecular formula is C21H26F3N7O2. The number of rotatable bonds is 5. The molecule has 0 aliphatic carbocycles. The zero-order valence-corrected chi connectivity index (χ0v) is 18.3. The normalized spacial score (nSPS) is 19.3. The van der Waals surface area contributed by atoms with Crippen molar-refractivity contribution in [2.24, 2.45) is 0 Å². The summed E-state index contributed by atoms with van der Waals surface area (Å²) in [6.07, 6.45) is 1.15. The third kappa shape index (κ3) is 5.25. The first-order chi connectivity index (χ1) is 15.7. The van der Waals surface area contributed by atoms with Crippen molar-refractivity contribution in [1.82, 2.24) is 25.1 Å². The molecule has 2 saturated heterocycles. The summed E-state index contributed by atoms with van der Waals surface area (Å²) < 4.78 is 39.3. The Morgan fingerprint density at radius 1 is 1.15 bits per heavy atom. The van der Waals surface area contributed by atoms with E-state index in [2.05, 4.69) is 15.1 Å². The highest BCUT2D eigenvalue weighted by Gasteiger charge is 2.36. The van der Waals surface area contributed by atoms with Gasteiger partial charge in [-0.15, -0.1) is 0 Å². The largest absolute Gasteiger partial charge is 0.421 e. The van der Waals surface area contributed by atoms with Crippen molar-refractivity contribution in [2.75, 3.05) is 42.5 Å². The molecule has 0 unspecified atom stereocenters. The molecule has 1 N–H and O–H groups in total. The Hall–Kier alpha value is -3.18. The maximum absolute atomic E-state index is 13.1. The summed E-state index contributed by atoms with van der Waals surface area (Å²) in [5.74, 6) is 0.765. The van der Waals surface area contributed by atoms with Gasteiger partial charge < -0.3 is 14.7 Å². The van der Waals surface area contributed by atoms with Crippen molar-refractivity contribution in [3.63, 3.8) is 0 Å². The minimum Gasteiger partial charge on any atom is -0.352 e. The number of anilines is 2. The van der Waals surface area contributed by atoms with E-state index >= 15 is 0 Å². The number of hydrogen-bond acceptors (Lipinski definition) is 7. The number of amides is 1. The van der Waals surface area contributed by atoms with Crippen LogP contribution in [-0.2, 0) is 11.0 Å². The van der Waals surface area contributed by atoms with E-state index in [0.717, 1.165) is 24.5 Å². The topological polar surface area (TPSA) is 98.3 Å². The molecule has 0 spiro atoms. The van der Waals surface area contributed by atoms with Gasteiger partial charge in [-0.05, 0) is 31.7 Å². The summed E-state index contributed by atoms with van der Waals surface area (Å²) in [5.41, 5.74) is -1.53. The van der Waals surface area contributed by atoms with E-state index in [1.54, 1.807) is 17.3 Å². The molecule has 2 aliphatic rings. The minimum absolute atomic E-state index is 0.0248. The summed E-state index contributed by atoms with van der Waals surface area (Å²) >= 11 is 0. The molecule has 2 fully saturated rings. The predicted octanol–water partition coefficient (Wildman–Crippen LogP) is 1.98. The van der Waals surface area contributed by atoms with Crippen molar-refractivity contribution in [1.29, 1.82) is 0 Å². The lowest BCUT2D eigenvalue weighted by Crippen LogP contribution is -2.49. The molecule has 2 aromatic heterocycles. The van der Waals surface area contributed by atoms with Gasteiger partial charge in [-0.2, -0.15) is 18.3 Å². The van der Waals surface area contributed by atoms with Gasteiger partial charge in [0.15, 0.2) is 0 Å². The third-order valence-corrected chi connectivity index (χ3v) is 6.14. The first-order valence-electron chi connectivity index (χ1n) is 11.0. The summed E-state index contributed by atoms with van der Waals surface area (Å²) in [6, 6.07) is 0.696. The van der Waals surface area contributed by atoms with Crippen LogP contribution in [0.2, 0.25) is 0 Å². The molecule has 2 aliphatic heterocycles. The number of carbonyl (C=O) groups excluding carboxylic acids is 1. The predicted molar refractivity (Wildman–Crippen MR) is 115 cm³/mol. The van der Waals surface area contributed by atoms with E-state index in [9.17, 15) is 22.8 Å². The number of nitrogens with zero attached hydrogens (tertiary/aromatic N) is 6. The molecule has 12 heteroatoms. The Bertz CT molecular complexity index is 1030. The van der Waals surface area contributed by atoms with E-state index in [0.29, 0.717) is 51.5 Å². The lowest BCUT2D eigenvalue weighted by Gasteiger charge is -2.35. The molecule has 0 radical (unpaired) electrons. The number of nitrogens with one attached hydrogen (secondary N) is 1. The lowest BCUT2D eigenvalue weighted by atomic mass is 10.1. The summed E-state index contributed by atoms with van der Waals surface area (Å²) in [7, 11) is 0. The summed E-state index contributed by atoms with van der Waals surface area (Å²) in [5, 5.41) is 5.77. The lowest BCUT2D eigenvalue weighted by molar-refractivity contribution is -0.138. The molecule has 0 saturated carbocycles. The van der Waals surface area contributed by atoms with Crippen LogP contribution in [0.5, 0.6) is 0 Å². The Kier molecular flexibility index (Phi) is 6.52. The number of alkyl halides is 3. The number of piperazine rings is 1. The van der Waals surface area contributed by atoms with Gasteiger partial charge in [-0.3, -0.25) is 9.59 Å². The molecule has 0 bridgehead atoms. The van der Waals surface area contributed by atoms with Crippen LogP contribution in [0.4, 0.5) is 24.9 Å². The molecule has 1 atom stereocenters. The van der Waals surface area contributed by atoms with E-state index in [1.165, 1.54) is 0 Å². The second-order valence-corrected chi connectivity index (χ2v) is 8.42. The van der Waals surface area contributed by atoms with Gasteiger partial charge in [0.25, 0.3) is 5.56 Å². The average Bonchev–Trinajstić information content (AvgIpc) is 3.26. The molecule has 1 amide bonds. The SMILES string of the molecule is Cc1cnc(N2CCN(C(=O)CC[C@@H]3CCCN3c3cc(C(F)(F)F)c(=O)[nH]n3)CC2)nc1. The average molecular weight is 465 g/mol. The number of aromatic nitrogens is 4. The fraction of sp³-hybridized carbons (Fsp3) is 0.571. The Morgan fingerprint density at radius 2 is 1.85 bits per heavy atom. The van der Waals surface area contributed by atoms with Crippen LogP contribution in [-0.4, -0.2) is 69.7 Å². The fourth-order valence-corrected chi connectivity index (χ4v) is 4.34. The molecule has 178 valence electrons. The van der Waals surface area contributed by atoms with E-state index in [4.69, 9.17) is 0 Å². The number of carbonyl (C=O) groups is 1. The van der Waals surface area contributed by atoms with Crippen molar-refractivity contribution in [3.05, 3.63) is 39.9 Å². The van der Waals surface area contributed by atoms with E-state index in [-0.39, 0.29) is 17.8 Å². The second kappa shape index (κ2) is 9.36. The van der Waals surface area contributed by atoms with Crippen molar-refractivity contribution in [3.8, 4) is 0 Å². The smallest absolute Gasteiger partial charge is 0.352 e. The second-order valence-electron chi connectivity index (χ2n) is 8.42. The van der Waals surface area contributed by atoms with Crippen LogP contribution in [0.3, 0.4) is 0 Å².